The summed E-state index contributed by atoms with van der Waals surface area (Å²) in [4.78, 5) is 11.8. The van der Waals surface area contributed by atoms with Crippen molar-refractivity contribution in [3.8, 4) is 5.75 Å². The van der Waals surface area contributed by atoms with Crippen LogP contribution in [0, 0.1) is 11.6 Å². The number of rotatable bonds is 4. The van der Waals surface area contributed by atoms with E-state index in [9.17, 15) is 13.6 Å². The van der Waals surface area contributed by atoms with E-state index < -0.39 is 23.2 Å². The highest BCUT2D eigenvalue weighted by molar-refractivity contribution is 5.92. The fourth-order valence-electron chi connectivity index (χ4n) is 1.73. The summed E-state index contributed by atoms with van der Waals surface area (Å²) < 4.78 is 31.8. The van der Waals surface area contributed by atoms with Crippen molar-refractivity contribution in [2.75, 3.05) is 12.4 Å². The van der Waals surface area contributed by atoms with Gasteiger partial charge in [0.2, 0.25) is 5.91 Å². The van der Waals surface area contributed by atoms with E-state index in [4.69, 9.17) is 4.74 Å². The molecule has 5 heteroatoms. The molecule has 20 heavy (non-hydrogen) atoms. The van der Waals surface area contributed by atoms with E-state index in [2.05, 4.69) is 5.32 Å². The van der Waals surface area contributed by atoms with Crippen LogP contribution in [0.15, 0.2) is 42.5 Å². The van der Waals surface area contributed by atoms with Gasteiger partial charge in [-0.05, 0) is 29.8 Å². The van der Waals surface area contributed by atoms with E-state index in [1.54, 1.807) is 31.4 Å². The topological polar surface area (TPSA) is 38.3 Å². The van der Waals surface area contributed by atoms with Crippen molar-refractivity contribution in [2.45, 2.75) is 6.42 Å². The van der Waals surface area contributed by atoms with E-state index in [1.165, 1.54) is 6.07 Å². The van der Waals surface area contributed by atoms with Crippen LogP contribution in [0.2, 0.25) is 0 Å². The van der Waals surface area contributed by atoms with Gasteiger partial charge in [-0.2, -0.15) is 0 Å². The first-order valence-electron chi connectivity index (χ1n) is 5.97. The Labute approximate surface area is 115 Å². The lowest BCUT2D eigenvalue weighted by Gasteiger charge is -2.08. The SMILES string of the molecule is COc1ccc(CC(=O)Nc2c(F)cccc2F)cc1. The highest BCUT2D eigenvalue weighted by Crippen LogP contribution is 2.18. The molecular weight excluding hydrogens is 264 g/mol. The second-order valence-corrected chi connectivity index (χ2v) is 4.17. The van der Waals surface area contributed by atoms with Crippen LogP contribution < -0.4 is 10.1 Å². The molecule has 0 saturated heterocycles. The molecule has 2 aromatic carbocycles. The van der Waals surface area contributed by atoms with Crippen molar-refractivity contribution < 1.29 is 18.3 Å². The van der Waals surface area contributed by atoms with E-state index in [0.29, 0.717) is 5.75 Å². The minimum atomic E-state index is -0.798. The summed E-state index contributed by atoms with van der Waals surface area (Å²) in [6.45, 7) is 0. The Morgan fingerprint density at radius 2 is 1.70 bits per heavy atom. The number of carbonyl (C=O) groups is 1. The minimum absolute atomic E-state index is 0.0256. The van der Waals surface area contributed by atoms with Crippen LogP contribution in [0.3, 0.4) is 0 Å². The molecule has 3 nitrogen and oxygen atoms in total. The number of ether oxygens (including phenoxy) is 1. The number of carbonyl (C=O) groups excluding carboxylic acids is 1. The molecule has 0 fully saturated rings. The first-order valence-corrected chi connectivity index (χ1v) is 5.97. The molecule has 0 saturated carbocycles. The van der Waals surface area contributed by atoms with Gasteiger partial charge in [0, 0.05) is 0 Å². The Morgan fingerprint density at radius 3 is 2.25 bits per heavy atom. The van der Waals surface area contributed by atoms with Crippen molar-refractivity contribution in [1.29, 1.82) is 0 Å². The summed E-state index contributed by atoms with van der Waals surface area (Å²) in [5, 5.41) is 2.24. The number of nitrogens with one attached hydrogen (secondary N) is 1. The molecule has 104 valence electrons. The predicted molar refractivity (Wildman–Crippen MR) is 71.7 cm³/mol. The van der Waals surface area contributed by atoms with Crippen molar-refractivity contribution in [3.63, 3.8) is 0 Å². The maximum atomic E-state index is 13.4. The van der Waals surface area contributed by atoms with Gasteiger partial charge in [0.15, 0.2) is 0 Å². The number of anilines is 1. The maximum absolute atomic E-state index is 13.4. The zero-order valence-electron chi connectivity index (χ0n) is 10.8. The van der Waals surface area contributed by atoms with Gasteiger partial charge in [-0.15, -0.1) is 0 Å². The van der Waals surface area contributed by atoms with Crippen LogP contribution in [-0.4, -0.2) is 13.0 Å². The molecule has 2 aromatic rings. The predicted octanol–water partition coefficient (Wildman–Crippen LogP) is 3.15. The van der Waals surface area contributed by atoms with Crippen LogP contribution in [0.4, 0.5) is 14.5 Å². The monoisotopic (exact) mass is 277 g/mol. The van der Waals surface area contributed by atoms with Crippen LogP contribution in [-0.2, 0) is 11.2 Å². The quantitative estimate of drug-likeness (QED) is 0.932. The van der Waals surface area contributed by atoms with Gasteiger partial charge in [0.1, 0.15) is 23.1 Å². The number of hydrogen-bond acceptors (Lipinski definition) is 2. The average Bonchev–Trinajstić information content (AvgIpc) is 2.44. The number of para-hydroxylation sites is 1. The second-order valence-electron chi connectivity index (χ2n) is 4.17. The summed E-state index contributed by atoms with van der Waals surface area (Å²) in [6.07, 6.45) is 0.0256. The second kappa shape index (κ2) is 6.14. The number of methoxy groups -OCH3 is 1. The van der Waals surface area contributed by atoms with Crippen LogP contribution in [0.5, 0.6) is 5.75 Å². The maximum Gasteiger partial charge on any atom is 0.228 e. The summed E-state index contributed by atoms with van der Waals surface area (Å²) >= 11 is 0. The van der Waals surface area contributed by atoms with E-state index in [1.807, 2.05) is 0 Å². The van der Waals surface area contributed by atoms with E-state index >= 15 is 0 Å². The van der Waals surface area contributed by atoms with Gasteiger partial charge >= 0.3 is 0 Å². The first kappa shape index (κ1) is 14.0. The van der Waals surface area contributed by atoms with Gasteiger partial charge in [0.05, 0.1) is 13.5 Å². The molecule has 0 aliphatic carbocycles. The molecular formula is C15H13F2NO2. The highest BCUT2D eigenvalue weighted by Gasteiger charge is 2.12. The Morgan fingerprint density at radius 1 is 1.10 bits per heavy atom. The zero-order chi connectivity index (χ0) is 14.5. The van der Waals surface area contributed by atoms with Gasteiger partial charge < -0.3 is 10.1 Å². The summed E-state index contributed by atoms with van der Waals surface area (Å²) in [5.41, 5.74) is 0.297. The summed E-state index contributed by atoms with van der Waals surface area (Å²) in [7, 11) is 1.54. The fraction of sp³-hybridized carbons (Fsp3) is 0.133. The molecule has 0 aromatic heterocycles. The third-order valence-electron chi connectivity index (χ3n) is 2.75. The van der Waals surface area contributed by atoms with Crippen LogP contribution in [0.25, 0.3) is 0 Å². The van der Waals surface area contributed by atoms with Crippen molar-refractivity contribution >= 4 is 11.6 Å². The molecule has 2 rings (SSSR count). The standard InChI is InChI=1S/C15H13F2NO2/c1-20-11-7-5-10(6-8-11)9-14(19)18-15-12(16)3-2-4-13(15)17/h2-8H,9H2,1H3,(H,18,19). The molecule has 1 amide bonds. The Bertz CT molecular complexity index is 592. The lowest BCUT2D eigenvalue weighted by molar-refractivity contribution is -0.115. The van der Waals surface area contributed by atoms with Crippen molar-refractivity contribution in [3.05, 3.63) is 59.7 Å². The largest absolute Gasteiger partial charge is 0.497 e. The van der Waals surface area contributed by atoms with Gasteiger partial charge in [-0.1, -0.05) is 18.2 Å². The van der Waals surface area contributed by atoms with Crippen molar-refractivity contribution in [1.82, 2.24) is 0 Å². The molecule has 0 radical (unpaired) electrons. The molecule has 0 heterocycles. The molecule has 0 spiro atoms. The Kier molecular flexibility index (Phi) is 4.30. The third kappa shape index (κ3) is 3.32. The number of amides is 1. The molecule has 0 unspecified atom stereocenters. The lowest BCUT2D eigenvalue weighted by atomic mass is 10.1. The first-order chi connectivity index (χ1) is 9.60. The van der Waals surface area contributed by atoms with Gasteiger partial charge in [-0.25, -0.2) is 8.78 Å². The molecule has 0 aliphatic heterocycles. The molecule has 0 atom stereocenters. The Hall–Kier alpha value is -2.43. The fourth-order valence-corrected chi connectivity index (χ4v) is 1.73. The molecule has 0 aliphatic rings. The van der Waals surface area contributed by atoms with Crippen LogP contribution in [0.1, 0.15) is 5.56 Å². The smallest absolute Gasteiger partial charge is 0.228 e. The summed E-state index contributed by atoms with van der Waals surface area (Å²) in [5.74, 6) is -1.41. The normalized spacial score (nSPS) is 10.2. The molecule has 1 N–H and O–H groups in total. The van der Waals surface area contributed by atoms with E-state index in [-0.39, 0.29) is 6.42 Å². The highest BCUT2D eigenvalue weighted by atomic mass is 19.1. The van der Waals surface area contributed by atoms with Crippen molar-refractivity contribution in [2.24, 2.45) is 0 Å². The van der Waals surface area contributed by atoms with Crippen LogP contribution >= 0.6 is 0 Å². The lowest BCUT2D eigenvalue weighted by Crippen LogP contribution is -2.16. The van der Waals surface area contributed by atoms with E-state index in [0.717, 1.165) is 17.7 Å². The zero-order valence-corrected chi connectivity index (χ0v) is 10.8. The van der Waals surface area contributed by atoms with Gasteiger partial charge in [0.25, 0.3) is 0 Å². The Balaban J connectivity index is 2.05. The average molecular weight is 277 g/mol. The third-order valence-corrected chi connectivity index (χ3v) is 2.75. The number of hydrogen-bond donors (Lipinski definition) is 1. The molecule has 0 bridgehead atoms. The number of halogens is 2. The minimum Gasteiger partial charge on any atom is -0.497 e. The number of benzene rings is 2. The summed E-state index contributed by atoms with van der Waals surface area (Å²) in [6, 6.07) is 10.3. The van der Waals surface area contributed by atoms with Gasteiger partial charge in [-0.3, -0.25) is 4.79 Å².